The smallest absolute Gasteiger partial charge is 0.254 e. The summed E-state index contributed by atoms with van der Waals surface area (Å²) in [6, 6.07) is 2.91. The third-order valence-electron chi connectivity index (χ3n) is 2.72. The van der Waals surface area contributed by atoms with E-state index in [1.54, 1.807) is 0 Å². The molecule has 1 aromatic carbocycles. The number of nitrogens with two attached hydrogens (primary N) is 1. The number of hydrogen-bond acceptors (Lipinski definition) is 3. The molecule has 0 unspecified atom stereocenters. The highest BCUT2D eigenvalue weighted by atomic mass is 35.5. The van der Waals surface area contributed by atoms with E-state index < -0.39 is 0 Å². The van der Waals surface area contributed by atoms with E-state index in [1.807, 2.05) is 6.92 Å². The summed E-state index contributed by atoms with van der Waals surface area (Å²) in [6.45, 7) is 2.38. The highest BCUT2D eigenvalue weighted by Gasteiger charge is 2.19. The Kier molecular flexibility index (Phi) is 6.10. The van der Waals surface area contributed by atoms with Gasteiger partial charge in [-0.2, -0.15) is 0 Å². The van der Waals surface area contributed by atoms with E-state index in [0.717, 1.165) is 6.42 Å². The van der Waals surface area contributed by atoms with E-state index in [4.69, 9.17) is 28.9 Å². The molecule has 0 fully saturated rings. The zero-order valence-electron chi connectivity index (χ0n) is 11.4. The Morgan fingerprint density at radius 2 is 1.85 bits per heavy atom. The molecular formula is C13H17Cl2N3O2. The van der Waals surface area contributed by atoms with E-state index in [2.05, 4.69) is 5.32 Å². The fourth-order valence-electron chi connectivity index (χ4n) is 1.67. The van der Waals surface area contributed by atoms with Crippen LogP contribution in [0.25, 0.3) is 0 Å². The van der Waals surface area contributed by atoms with Crippen molar-refractivity contribution >= 4 is 40.7 Å². The second-order valence-corrected chi connectivity index (χ2v) is 5.07. The van der Waals surface area contributed by atoms with Crippen molar-refractivity contribution in [3.8, 4) is 0 Å². The Morgan fingerprint density at radius 3 is 2.30 bits per heavy atom. The van der Waals surface area contributed by atoms with Crippen molar-refractivity contribution < 1.29 is 9.59 Å². The number of carbonyl (C=O) groups excluding carboxylic acids is 2. The molecule has 3 N–H and O–H groups in total. The molecule has 1 aromatic rings. The van der Waals surface area contributed by atoms with E-state index in [1.165, 1.54) is 24.1 Å². The number of nitrogen functional groups attached to an aromatic ring is 1. The summed E-state index contributed by atoms with van der Waals surface area (Å²) in [5, 5.41) is 2.93. The standard InChI is InChI=1S/C13H17Cl2N3O2/c1-3-4-18(7-11(19)17-2)13(20)8-5-9(14)12(16)10(15)6-8/h5-6H,3-4,7,16H2,1-2H3,(H,17,19). The molecule has 20 heavy (non-hydrogen) atoms. The van der Waals surface area contributed by atoms with E-state index >= 15 is 0 Å². The molecule has 5 nitrogen and oxygen atoms in total. The molecule has 0 bridgehead atoms. The summed E-state index contributed by atoms with van der Waals surface area (Å²) in [4.78, 5) is 25.3. The zero-order chi connectivity index (χ0) is 15.3. The molecule has 7 heteroatoms. The number of halogens is 2. The first-order chi connectivity index (χ1) is 9.40. The summed E-state index contributed by atoms with van der Waals surface area (Å²) in [5.74, 6) is -0.543. The Bertz CT molecular complexity index is 497. The number of hydrogen-bond donors (Lipinski definition) is 2. The molecule has 0 radical (unpaired) electrons. The van der Waals surface area contributed by atoms with Gasteiger partial charge in [0.05, 0.1) is 22.3 Å². The van der Waals surface area contributed by atoms with Gasteiger partial charge in [0.25, 0.3) is 5.91 Å². The number of amides is 2. The quantitative estimate of drug-likeness (QED) is 0.817. The van der Waals surface area contributed by atoms with Crippen LogP contribution >= 0.6 is 23.2 Å². The van der Waals surface area contributed by atoms with Crippen LogP contribution in [-0.2, 0) is 4.79 Å². The van der Waals surface area contributed by atoms with E-state index in [0.29, 0.717) is 12.1 Å². The van der Waals surface area contributed by atoms with Crippen molar-refractivity contribution in [2.75, 3.05) is 25.9 Å². The second kappa shape index (κ2) is 7.36. The van der Waals surface area contributed by atoms with Crippen LogP contribution in [0, 0.1) is 0 Å². The third-order valence-corrected chi connectivity index (χ3v) is 3.35. The van der Waals surface area contributed by atoms with Crippen LogP contribution in [0.4, 0.5) is 5.69 Å². The zero-order valence-corrected chi connectivity index (χ0v) is 12.9. The summed E-state index contributed by atoms with van der Waals surface area (Å²) in [5.41, 5.74) is 6.18. The number of carbonyl (C=O) groups is 2. The molecule has 2 amide bonds. The predicted molar refractivity (Wildman–Crippen MR) is 81.1 cm³/mol. The molecule has 0 aliphatic carbocycles. The number of rotatable bonds is 5. The number of anilines is 1. The van der Waals surface area contributed by atoms with Gasteiger partial charge < -0.3 is 16.0 Å². The van der Waals surface area contributed by atoms with Gasteiger partial charge in [-0.1, -0.05) is 30.1 Å². The maximum Gasteiger partial charge on any atom is 0.254 e. The molecule has 0 aromatic heterocycles. The van der Waals surface area contributed by atoms with E-state index in [-0.39, 0.29) is 34.1 Å². The fourth-order valence-corrected chi connectivity index (χ4v) is 2.15. The summed E-state index contributed by atoms with van der Waals surface area (Å²) >= 11 is 11.8. The highest BCUT2D eigenvalue weighted by Crippen LogP contribution is 2.29. The molecule has 1 rings (SSSR count). The molecule has 0 saturated carbocycles. The minimum absolute atomic E-state index is 0.0111. The second-order valence-electron chi connectivity index (χ2n) is 4.25. The van der Waals surface area contributed by atoms with Gasteiger partial charge >= 0.3 is 0 Å². The Balaban J connectivity index is 3.03. The van der Waals surface area contributed by atoms with Gasteiger partial charge in [0, 0.05) is 19.2 Å². The molecule has 0 saturated heterocycles. The SMILES string of the molecule is CCCN(CC(=O)NC)C(=O)c1cc(Cl)c(N)c(Cl)c1. The molecule has 0 aliphatic rings. The molecule has 0 atom stereocenters. The molecular weight excluding hydrogens is 301 g/mol. The number of likely N-dealkylation sites (N-methyl/N-ethyl adjacent to an activating group) is 1. The lowest BCUT2D eigenvalue weighted by Gasteiger charge is -2.21. The van der Waals surface area contributed by atoms with Crippen molar-refractivity contribution in [1.82, 2.24) is 10.2 Å². The molecule has 110 valence electrons. The van der Waals surface area contributed by atoms with Crippen molar-refractivity contribution in [1.29, 1.82) is 0 Å². The Labute approximate surface area is 128 Å². The third kappa shape index (κ3) is 4.02. The largest absolute Gasteiger partial charge is 0.396 e. The van der Waals surface area contributed by atoms with E-state index in [9.17, 15) is 9.59 Å². The molecule has 0 spiro atoms. The highest BCUT2D eigenvalue weighted by molar-refractivity contribution is 6.39. The average molecular weight is 318 g/mol. The number of benzene rings is 1. The van der Waals surface area contributed by atoms with Gasteiger partial charge in [-0.3, -0.25) is 9.59 Å². The fraction of sp³-hybridized carbons (Fsp3) is 0.385. The maximum absolute atomic E-state index is 12.4. The minimum atomic E-state index is -0.306. The summed E-state index contributed by atoms with van der Waals surface area (Å²) < 4.78 is 0. The van der Waals surface area contributed by atoms with Crippen LogP contribution in [0.1, 0.15) is 23.7 Å². The monoisotopic (exact) mass is 317 g/mol. The van der Waals surface area contributed by atoms with Crippen molar-refractivity contribution in [2.45, 2.75) is 13.3 Å². The topological polar surface area (TPSA) is 75.4 Å². The Hall–Kier alpha value is -1.46. The van der Waals surface area contributed by atoms with Crippen LogP contribution in [-0.4, -0.2) is 36.9 Å². The molecule has 0 aliphatic heterocycles. The number of nitrogens with zero attached hydrogens (tertiary/aromatic N) is 1. The van der Waals surface area contributed by atoms with Crippen molar-refractivity contribution in [2.24, 2.45) is 0 Å². The average Bonchev–Trinajstić information content (AvgIpc) is 2.42. The van der Waals surface area contributed by atoms with Gasteiger partial charge in [-0.05, 0) is 18.6 Å². The first-order valence-corrected chi connectivity index (χ1v) is 6.90. The predicted octanol–water partition coefficient (Wildman–Crippen LogP) is 2.17. The Morgan fingerprint density at radius 1 is 1.30 bits per heavy atom. The molecule has 0 heterocycles. The van der Waals surface area contributed by atoms with Gasteiger partial charge in [-0.25, -0.2) is 0 Å². The van der Waals surface area contributed by atoms with Gasteiger partial charge in [0.2, 0.25) is 5.91 Å². The van der Waals surface area contributed by atoms with Gasteiger partial charge in [-0.15, -0.1) is 0 Å². The summed E-state index contributed by atoms with van der Waals surface area (Å²) in [6.07, 6.45) is 0.735. The first-order valence-electron chi connectivity index (χ1n) is 6.15. The normalized spacial score (nSPS) is 10.2. The van der Waals surface area contributed by atoms with Crippen molar-refractivity contribution in [3.05, 3.63) is 27.7 Å². The maximum atomic E-state index is 12.4. The van der Waals surface area contributed by atoms with Gasteiger partial charge in [0.15, 0.2) is 0 Å². The van der Waals surface area contributed by atoms with Gasteiger partial charge in [0.1, 0.15) is 0 Å². The lowest BCUT2D eigenvalue weighted by molar-refractivity contribution is -0.121. The summed E-state index contributed by atoms with van der Waals surface area (Å²) in [7, 11) is 1.52. The lowest BCUT2D eigenvalue weighted by atomic mass is 10.1. The van der Waals surface area contributed by atoms with Crippen LogP contribution in [0.3, 0.4) is 0 Å². The number of nitrogens with one attached hydrogen (secondary N) is 1. The van der Waals surface area contributed by atoms with Crippen LogP contribution < -0.4 is 11.1 Å². The van der Waals surface area contributed by atoms with Crippen LogP contribution in [0.5, 0.6) is 0 Å². The lowest BCUT2D eigenvalue weighted by Crippen LogP contribution is -2.40. The minimum Gasteiger partial charge on any atom is -0.396 e. The van der Waals surface area contributed by atoms with Crippen LogP contribution in [0.2, 0.25) is 10.0 Å². The van der Waals surface area contributed by atoms with Crippen molar-refractivity contribution in [3.63, 3.8) is 0 Å². The van der Waals surface area contributed by atoms with Crippen LogP contribution in [0.15, 0.2) is 12.1 Å². The first kappa shape index (κ1) is 16.6.